The Kier molecular flexibility index (Phi) is 4.86. The number of hydrogen-bond acceptors (Lipinski definition) is 4. The molecule has 118 valence electrons. The number of carbonyl (C=O) groups excluding carboxylic acids is 1. The third-order valence-electron chi connectivity index (χ3n) is 3.07. The maximum absolute atomic E-state index is 12.1. The van der Waals surface area contributed by atoms with Gasteiger partial charge in [0.25, 0.3) is 0 Å². The van der Waals surface area contributed by atoms with E-state index in [1.165, 1.54) is 0 Å². The van der Waals surface area contributed by atoms with Crippen LogP contribution in [0.2, 0.25) is 0 Å². The number of aromatic nitrogens is 1. The van der Waals surface area contributed by atoms with Crippen LogP contribution in [-0.4, -0.2) is 23.5 Å². The SMILES string of the molecule is COc1ccc(-c2nc(C)c(CC(=O)NC(C)(C)C)s2)cc1. The van der Waals surface area contributed by atoms with Gasteiger partial charge in [0.1, 0.15) is 10.8 Å². The lowest BCUT2D eigenvalue weighted by atomic mass is 10.1. The maximum Gasteiger partial charge on any atom is 0.225 e. The van der Waals surface area contributed by atoms with Crippen LogP contribution in [0.15, 0.2) is 24.3 Å². The molecule has 2 rings (SSSR count). The third-order valence-corrected chi connectivity index (χ3v) is 4.27. The highest BCUT2D eigenvalue weighted by Gasteiger charge is 2.17. The Balaban J connectivity index is 2.15. The molecule has 0 aliphatic heterocycles. The van der Waals surface area contributed by atoms with E-state index in [1.54, 1.807) is 18.4 Å². The molecule has 4 nitrogen and oxygen atoms in total. The molecule has 0 radical (unpaired) electrons. The van der Waals surface area contributed by atoms with Crippen molar-refractivity contribution in [1.29, 1.82) is 0 Å². The first kappa shape index (κ1) is 16.5. The summed E-state index contributed by atoms with van der Waals surface area (Å²) in [6.45, 7) is 7.89. The fraction of sp³-hybridized carbons (Fsp3) is 0.412. The van der Waals surface area contributed by atoms with Gasteiger partial charge in [0.15, 0.2) is 0 Å². The summed E-state index contributed by atoms with van der Waals surface area (Å²) in [7, 11) is 1.65. The first-order chi connectivity index (χ1) is 10.3. The van der Waals surface area contributed by atoms with Crippen molar-refractivity contribution in [3.05, 3.63) is 34.8 Å². The predicted octanol–water partition coefficient (Wildman–Crippen LogP) is 3.58. The molecule has 0 atom stereocenters. The van der Waals surface area contributed by atoms with Gasteiger partial charge in [-0.25, -0.2) is 4.98 Å². The minimum absolute atomic E-state index is 0.0283. The minimum Gasteiger partial charge on any atom is -0.497 e. The molecule has 1 amide bonds. The van der Waals surface area contributed by atoms with Gasteiger partial charge < -0.3 is 10.1 Å². The van der Waals surface area contributed by atoms with Crippen LogP contribution < -0.4 is 10.1 Å². The molecule has 0 saturated carbocycles. The molecule has 2 aromatic rings. The van der Waals surface area contributed by atoms with E-state index in [4.69, 9.17) is 4.74 Å². The number of aryl methyl sites for hydroxylation is 1. The van der Waals surface area contributed by atoms with Gasteiger partial charge in [0.2, 0.25) is 5.91 Å². The molecule has 1 aromatic carbocycles. The molecule has 0 saturated heterocycles. The Bertz CT molecular complexity index is 654. The number of amides is 1. The summed E-state index contributed by atoms with van der Waals surface area (Å²) in [4.78, 5) is 17.7. The summed E-state index contributed by atoms with van der Waals surface area (Å²) in [6.07, 6.45) is 0.372. The van der Waals surface area contributed by atoms with E-state index in [0.717, 1.165) is 26.9 Å². The summed E-state index contributed by atoms with van der Waals surface area (Å²) >= 11 is 1.57. The van der Waals surface area contributed by atoms with Gasteiger partial charge in [-0.3, -0.25) is 4.79 Å². The van der Waals surface area contributed by atoms with Gasteiger partial charge in [-0.15, -0.1) is 11.3 Å². The molecule has 0 unspecified atom stereocenters. The predicted molar refractivity (Wildman–Crippen MR) is 90.4 cm³/mol. The van der Waals surface area contributed by atoms with E-state index in [-0.39, 0.29) is 11.4 Å². The summed E-state index contributed by atoms with van der Waals surface area (Å²) in [5, 5.41) is 3.91. The van der Waals surface area contributed by atoms with Gasteiger partial charge in [-0.05, 0) is 52.0 Å². The van der Waals surface area contributed by atoms with Crippen LogP contribution in [0.3, 0.4) is 0 Å². The van der Waals surface area contributed by atoms with Crippen molar-refractivity contribution < 1.29 is 9.53 Å². The van der Waals surface area contributed by atoms with E-state index in [1.807, 2.05) is 52.0 Å². The lowest BCUT2D eigenvalue weighted by Crippen LogP contribution is -2.41. The minimum atomic E-state index is -0.214. The van der Waals surface area contributed by atoms with Crippen LogP contribution in [-0.2, 0) is 11.2 Å². The number of benzene rings is 1. The average Bonchev–Trinajstić information content (AvgIpc) is 2.78. The second-order valence-corrected chi connectivity index (χ2v) is 7.31. The maximum atomic E-state index is 12.1. The van der Waals surface area contributed by atoms with Crippen molar-refractivity contribution in [3.8, 4) is 16.3 Å². The molecule has 0 fully saturated rings. The average molecular weight is 318 g/mol. The molecular weight excluding hydrogens is 296 g/mol. The molecule has 0 aliphatic carbocycles. The largest absolute Gasteiger partial charge is 0.497 e. The summed E-state index contributed by atoms with van der Waals surface area (Å²) in [5.74, 6) is 0.849. The topological polar surface area (TPSA) is 51.2 Å². The van der Waals surface area contributed by atoms with Crippen LogP contribution >= 0.6 is 11.3 Å². The quantitative estimate of drug-likeness (QED) is 0.937. The van der Waals surface area contributed by atoms with Crippen molar-refractivity contribution >= 4 is 17.2 Å². The van der Waals surface area contributed by atoms with Crippen molar-refractivity contribution in [2.45, 2.75) is 39.7 Å². The first-order valence-corrected chi connectivity index (χ1v) is 8.02. The van der Waals surface area contributed by atoms with Crippen LogP contribution in [0.4, 0.5) is 0 Å². The number of nitrogens with zero attached hydrogens (tertiary/aromatic N) is 1. The summed E-state index contributed by atoms with van der Waals surface area (Å²) < 4.78 is 5.16. The van der Waals surface area contributed by atoms with Crippen LogP contribution in [0.25, 0.3) is 10.6 Å². The Morgan fingerprint density at radius 2 is 1.91 bits per heavy atom. The third kappa shape index (κ3) is 4.31. The standard InChI is InChI=1S/C17H22N2O2S/c1-11-14(10-15(20)19-17(2,3)4)22-16(18-11)12-6-8-13(21-5)9-7-12/h6-9H,10H2,1-5H3,(H,19,20). The molecule has 1 heterocycles. The second kappa shape index (κ2) is 6.48. The Hall–Kier alpha value is -1.88. The zero-order chi connectivity index (χ0) is 16.3. The van der Waals surface area contributed by atoms with E-state index < -0.39 is 0 Å². The molecule has 0 aliphatic rings. The fourth-order valence-corrected chi connectivity index (χ4v) is 3.12. The number of ether oxygens (including phenoxy) is 1. The van der Waals surface area contributed by atoms with Gasteiger partial charge in [-0.1, -0.05) is 0 Å². The molecule has 22 heavy (non-hydrogen) atoms. The number of rotatable bonds is 4. The molecular formula is C17H22N2O2S. The van der Waals surface area contributed by atoms with Gasteiger partial charge in [-0.2, -0.15) is 0 Å². The highest BCUT2D eigenvalue weighted by molar-refractivity contribution is 7.15. The molecule has 1 N–H and O–H groups in total. The number of nitrogens with one attached hydrogen (secondary N) is 1. The molecule has 0 bridgehead atoms. The number of thiazole rings is 1. The highest BCUT2D eigenvalue weighted by Crippen LogP contribution is 2.29. The fourth-order valence-electron chi connectivity index (χ4n) is 2.06. The van der Waals surface area contributed by atoms with Crippen molar-refractivity contribution in [3.63, 3.8) is 0 Å². The van der Waals surface area contributed by atoms with E-state index in [9.17, 15) is 4.79 Å². The Morgan fingerprint density at radius 3 is 2.45 bits per heavy atom. The lowest BCUT2D eigenvalue weighted by Gasteiger charge is -2.20. The van der Waals surface area contributed by atoms with Gasteiger partial charge >= 0.3 is 0 Å². The second-order valence-electron chi connectivity index (χ2n) is 6.23. The Labute approximate surface area is 135 Å². The normalized spacial score (nSPS) is 11.3. The van der Waals surface area contributed by atoms with Crippen molar-refractivity contribution in [2.24, 2.45) is 0 Å². The summed E-state index contributed by atoms with van der Waals surface area (Å²) in [5.41, 5.74) is 1.74. The number of hydrogen-bond donors (Lipinski definition) is 1. The van der Waals surface area contributed by atoms with Crippen LogP contribution in [0.1, 0.15) is 31.3 Å². The summed E-state index contributed by atoms with van der Waals surface area (Å²) in [6, 6.07) is 7.79. The van der Waals surface area contributed by atoms with E-state index in [0.29, 0.717) is 6.42 Å². The Morgan fingerprint density at radius 1 is 1.27 bits per heavy atom. The highest BCUT2D eigenvalue weighted by atomic mass is 32.1. The van der Waals surface area contributed by atoms with Crippen molar-refractivity contribution in [2.75, 3.05) is 7.11 Å². The van der Waals surface area contributed by atoms with Crippen molar-refractivity contribution in [1.82, 2.24) is 10.3 Å². The number of methoxy groups -OCH3 is 1. The zero-order valence-corrected chi connectivity index (χ0v) is 14.5. The molecule has 1 aromatic heterocycles. The molecule has 5 heteroatoms. The zero-order valence-electron chi connectivity index (χ0n) is 13.7. The first-order valence-electron chi connectivity index (χ1n) is 7.20. The lowest BCUT2D eigenvalue weighted by molar-refractivity contribution is -0.121. The molecule has 0 spiro atoms. The smallest absolute Gasteiger partial charge is 0.225 e. The van der Waals surface area contributed by atoms with Crippen LogP contribution in [0, 0.1) is 6.92 Å². The monoisotopic (exact) mass is 318 g/mol. The van der Waals surface area contributed by atoms with Gasteiger partial charge in [0, 0.05) is 16.0 Å². The van der Waals surface area contributed by atoms with E-state index in [2.05, 4.69) is 10.3 Å². The van der Waals surface area contributed by atoms with Gasteiger partial charge in [0.05, 0.1) is 19.2 Å². The van der Waals surface area contributed by atoms with Crippen LogP contribution in [0.5, 0.6) is 5.75 Å². The number of carbonyl (C=O) groups is 1. The van der Waals surface area contributed by atoms with E-state index >= 15 is 0 Å².